The van der Waals surface area contributed by atoms with Gasteiger partial charge in [0.25, 0.3) is 0 Å². The fourth-order valence-corrected chi connectivity index (χ4v) is 7.20. The quantitative estimate of drug-likeness (QED) is 0.377. The summed E-state index contributed by atoms with van der Waals surface area (Å²) in [6.07, 6.45) is 1.29. The summed E-state index contributed by atoms with van der Waals surface area (Å²) in [4.78, 5) is 12.8. The van der Waals surface area contributed by atoms with Gasteiger partial charge in [-0.05, 0) is 68.1 Å². The molecule has 10 heteroatoms. The number of alkyl halides is 4. The third kappa shape index (κ3) is 3.47. The molecule has 5 aliphatic rings. The highest BCUT2D eigenvalue weighted by atomic mass is 32.2. The molecule has 5 fully saturated rings. The molecule has 5 rings (SSSR count). The lowest BCUT2D eigenvalue weighted by Gasteiger charge is -2.64. The van der Waals surface area contributed by atoms with Gasteiger partial charge < -0.3 is 9.29 Å². The summed E-state index contributed by atoms with van der Waals surface area (Å²) in [6.45, 7) is -0.504. The van der Waals surface area contributed by atoms with Crippen LogP contribution >= 0.6 is 0 Å². The molecule has 0 radical (unpaired) electrons. The van der Waals surface area contributed by atoms with Gasteiger partial charge in [0.15, 0.2) is 0 Å². The van der Waals surface area contributed by atoms with E-state index in [1.807, 2.05) is 0 Å². The Kier molecular flexibility index (Phi) is 4.82. The number of ether oxygens (including phenoxy) is 1. The third-order valence-electron chi connectivity index (χ3n) is 8.16. The molecule has 0 heterocycles. The Hall–Kier alpha value is -0.900. The van der Waals surface area contributed by atoms with Crippen molar-refractivity contribution in [2.45, 2.75) is 69.6 Å². The van der Waals surface area contributed by atoms with Crippen molar-refractivity contribution >= 4 is 16.1 Å². The van der Waals surface area contributed by atoms with Crippen LogP contribution in [0.4, 0.5) is 17.6 Å². The van der Waals surface area contributed by atoms with Gasteiger partial charge in [-0.3, -0.25) is 4.79 Å². The van der Waals surface area contributed by atoms with Gasteiger partial charge in [-0.25, -0.2) is 8.42 Å². The molecule has 0 saturated heterocycles. The van der Waals surface area contributed by atoms with E-state index in [4.69, 9.17) is 4.74 Å². The topological polar surface area (TPSA) is 83.5 Å². The van der Waals surface area contributed by atoms with E-state index >= 15 is 0 Å². The summed E-state index contributed by atoms with van der Waals surface area (Å²) in [5.41, 5.74) is -1.41. The van der Waals surface area contributed by atoms with Crippen molar-refractivity contribution in [1.82, 2.24) is 0 Å². The highest BCUT2D eigenvalue weighted by molar-refractivity contribution is 7.85. The van der Waals surface area contributed by atoms with Crippen molar-refractivity contribution in [2.75, 3.05) is 12.4 Å². The summed E-state index contributed by atoms with van der Waals surface area (Å²) >= 11 is 0. The van der Waals surface area contributed by atoms with Crippen LogP contribution in [-0.4, -0.2) is 43.1 Å². The summed E-state index contributed by atoms with van der Waals surface area (Å²) in [5.74, 6) is -9.31. The zero-order valence-corrected chi connectivity index (χ0v) is 16.8. The Morgan fingerprint density at radius 3 is 1.93 bits per heavy atom. The van der Waals surface area contributed by atoms with E-state index < -0.39 is 64.0 Å². The second kappa shape index (κ2) is 6.55. The van der Waals surface area contributed by atoms with Crippen molar-refractivity contribution in [1.29, 1.82) is 0 Å². The molecule has 0 aromatic heterocycles. The number of esters is 1. The van der Waals surface area contributed by atoms with Crippen molar-refractivity contribution < 1.29 is 40.1 Å². The van der Waals surface area contributed by atoms with Crippen LogP contribution in [0.15, 0.2) is 0 Å². The van der Waals surface area contributed by atoms with E-state index in [9.17, 15) is 35.3 Å². The molecular weight excluding hydrogens is 416 g/mol. The van der Waals surface area contributed by atoms with E-state index in [-0.39, 0.29) is 30.6 Å². The van der Waals surface area contributed by atoms with E-state index in [1.165, 1.54) is 0 Å². The van der Waals surface area contributed by atoms with Crippen LogP contribution in [0.1, 0.15) is 57.8 Å². The highest BCUT2D eigenvalue weighted by Crippen LogP contribution is 2.71. The van der Waals surface area contributed by atoms with Gasteiger partial charge >= 0.3 is 17.8 Å². The zero-order valence-electron chi connectivity index (χ0n) is 16.0. The van der Waals surface area contributed by atoms with Crippen molar-refractivity contribution in [3.8, 4) is 0 Å². The Morgan fingerprint density at radius 2 is 1.45 bits per heavy atom. The fraction of sp³-hybridized carbons (Fsp3) is 0.947. The monoisotopic (exact) mass is 441 g/mol. The number of hydrogen-bond donors (Lipinski definition) is 0. The van der Waals surface area contributed by atoms with Crippen LogP contribution < -0.4 is 0 Å². The first-order chi connectivity index (χ1) is 13.3. The SMILES string of the molecule is O=C(OCCS(=O)(=O)[O-])C12CC3CC(C1)C1(CCC(F)(F)C(F)(F)CC1)C(C3)C2. The highest BCUT2D eigenvalue weighted by Gasteiger charge is 2.68. The Labute approximate surface area is 167 Å². The number of rotatable bonds is 4. The van der Waals surface area contributed by atoms with Crippen molar-refractivity contribution in [3.05, 3.63) is 0 Å². The number of carbonyl (C=O) groups excluding carboxylic acids is 1. The lowest BCUT2D eigenvalue weighted by Crippen LogP contribution is -2.59. The molecule has 2 unspecified atom stereocenters. The lowest BCUT2D eigenvalue weighted by atomic mass is 9.39. The maximum atomic E-state index is 14.0. The molecule has 166 valence electrons. The first-order valence-electron chi connectivity index (χ1n) is 10.2. The predicted octanol–water partition coefficient (Wildman–Crippen LogP) is 3.73. The van der Waals surface area contributed by atoms with Gasteiger partial charge in [-0.1, -0.05) is 0 Å². The van der Waals surface area contributed by atoms with Crippen molar-refractivity contribution in [3.63, 3.8) is 0 Å². The summed E-state index contributed by atoms with van der Waals surface area (Å²) in [6, 6.07) is 0. The standard InChI is InChI=1S/C19H26F4O5S/c20-18(21)3-1-17(2-4-19(18,22)23)13-7-12-8-14(17)11-16(9-12,10-13)15(24)28-5-6-29(25,26)27/h12-14H,1-11H2,(H,25,26,27)/p-1. The molecule has 5 saturated carbocycles. The Balaban J connectivity index is 1.53. The van der Waals surface area contributed by atoms with Gasteiger partial charge in [0.1, 0.15) is 6.61 Å². The van der Waals surface area contributed by atoms with Crippen molar-refractivity contribution in [2.24, 2.45) is 28.6 Å². The van der Waals surface area contributed by atoms with Crippen LogP contribution in [0.3, 0.4) is 0 Å². The second-order valence-electron chi connectivity index (χ2n) is 9.66. The Morgan fingerprint density at radius 1 is 0.931 bits per heavy atom. The summed E-state index contributed by atoms with van der Waals surface area (Å²) < 4.78 is 93.2. The number of halogens is 4. The molecule has 0 aromatic carbocycles. The maximum Gasteiger partial charge on any atom is 0.312 e. The van der Waals surface area contributed by atoms with E-state index in [0.29, 0.717) is 19.3 Å². The molecule has 5 aliphatic carbocycles. The minimum absolute atomic E-state index is 0.0389. The van der Waals surface area contributed by atoms with Crippen LogP contribution in [-0.2, 0) is 19.6 Å². The number of hydrogen-bond acceptors (Lipinski definition) is 5. The maximum absolute atomic E-state index is 14.0. The first-order valence-corrected chi connectivity index (χ1v) is 11.7. The third-order valence-corrected chi connectivity index (χ3v) is 8.83. The van der Waals surface area contributed by atoms with Crippen LogP contribution in [0.2, 0.25) is 0 Å². The number of carbonyl (C=O) groups is 1. The van der Waals surface area contributed by atoms with Crippen LogP contribution in [0, 0.1) is 28.6 Å². The van der Waals surface area contributed by atoms with Crippen LogP contribution in [0.5, 0.6) is 0 Å². The average Bonchev–Trinajstić information content (AvgIpc) is 2.67. The molecule has 0 N–H and O–H groups in total. The molecule has 0 amide bonds. The summed E-state index contributed by atoms with van der Waals surface area (Å²) in [5, 5.41) is 0. The fourth-order valence-electron chi connectivity index (χ4n) is 6.92. The molecule has 0 aromatic rings. The van der Waals surface area contributed by atoms with Gasteiger partial charge in [-0.2, -0.15) is 17.6 Å². The summed E-state index contributed by atoms with van der Waals surface area (Å²) in [7, 11) is -4.49. The molecule has 4 bridgehead atoms. The average molecular weight is 441 g/mol. The Bertz CT molecular complexity index is 760. The second-order valence-corrected chi connectivity index (χ2v) is 11.2. The largest absolute Gasteiger partial charge is 0.748 e. The van der Waals surface area contributed by atoms with Gasteiger partial charge in [-0.15, -0.1) is 0 Å². The van der Waals surface area contributed by atoms with E-state index in [1.54, 1.807) is 0 Å². The van der Waals surface area contributed by atoms with Gasteiger partial charge in [0.05, 0.1) is 21.3 Å². The van der Waals surface area contributed by atoms with Gasteiger partial charge in [0, 0.05) is 12.8 Å². The van der Waals surface area contributed by atoms with Gasteiger partial charge in [0.2, 0.25) is 0 Å². The zero-order chi connectivity index (χ0) is 21.3. The predicted molar refractivity (Wildman–Crippen MR) is 92.3 cm³/mol. The first kappa shape index (κ1) is 21.3. The molecule has 29 heavy (non-hydrogen) atoms. The lowest BCUT2D eigenvalue weighted by molar-refractivity contribution is -0.210. The molecule has 2 atom stereocenters. The van der Waals surface area contributed by atoms with E-state index in [0.717, 1.165) is 12.8 Å². The smallest absolute Gasteiger partial charge is 0.312 e. The molecule has 0 aliphatic heterocycles. The van der Waals surface area contributed by atoms with E-state index in [2.05, 4.69) is 0 Å². The molecule has 5 nitrogen and oxygen atoms in total. The minimum Gasteiger partial charge on any atom is -0.748 e. The minimum atomic E-state index is -4.49. The molecule has 1 spiro atoms. The van der Waals surface area contributed by atoms with Crippen LogP contribution in [0.25, 0.3) is 0 Å². The molecular formula is C19H25F4O5S-. The normalized spacial score (nSPS) is 39.3.